The fourth-order valence-corrected chi connectivity index (χ4v) is 3.91. The van der Waals surface area contributed by atoms with E-state index < -0.39 is 21.7 Å². The second-order valence-corrected chi connectivity index (χ2v) is 9.32. The van der Waals surface area contributed by atoms with E-state index in [1.54, 1.807) is 19.2 Å². The van der Waals surface area contributed by atoms with Crippen molar-refractivity contribution in [1.29, 1.82) is 0 Å². The Hall–Kier alpha value is -2.40. The predicted molar refractivity (Wildman–Crippen MR) is 126 cm³/mol. The van der Waals surface area contributed by atoms with Crippen molar-refractivity contribution in [2.45, 2.75) is 13.8 Å². The van der Waals surface area contributed by atoms with E-state index in [1.807, 2.05) is 50.2 Å². The Morgan fingerprint density at radius 3 is 1.67 bits per heavy atom. The Kier molecular flexibility index (Phi) is 8.02. The number of carbonyl (C=O) groups is 1. The molecule has 0 aliphatic rings. The monoisotopic (exact) mass is 464 g/mol. The molecule has 0 bridgehead atoms. The number of thiocarbonyl (C=S) groups is 2. The van der Waals surface area contributed by atoms with Crippen molar-refractivity contribution < 1.29 is 13.2 Å². The van der Waals surface area contributed by atoms with E-state index in [-0.39, 0.29) is 4.99 Å². The minimum absolute atomic E-state index is 0.289. The maximum Gasteiger partial charge on any atom is 0.255 e. The summed E-state index contributed by atoms with van der Waals surface area (Å²) in [6.45, 7) is 3.90. The van der Waals surface area contributed by atoms with Crippen molar-refractivity contribution >= 4 is 50.3 Å². The van der Waals surface area contributed by atoms with Gasteiger partial charge in [-0.1, -0.05) is 84.1 Å². The van der Waals surface area contributed by atoms with E-state index in [0.717, 1.165) is 16.7 Å². The number of hydrazine groups is 2. The van der Waals surface area contributed by atoms with Crippen molar-refractivity contribution in [2.24, 2.45) is 0 Å². The van der Waals surface area contributed by atoms with Crippen LogP contribution in [0, 0.1) is 13.8 Å². The molecule has 10 heteroatoms. The molecule has 0 fully saturated rings. The summed E-state index contributed by atoms with van der Waals surface area (Å²) in [6.07, 6.45) is 0. The molecule has 0 saturated carbocycles. The summed E-state index contributed by atoms with van der Waals surface area (Å²) in [5.74, 6) is -1.51. The molecule has 2 aromatic carbocycles. The van der Waals surface area contributed by atoms with Gasteiger partial charge in [0.25, 0.3) is 5.91 Å². The molecule has 2 N–H and O–H groups in total. The molecule has 2 aromatic rings. The summed E-state index contributed by atoms with van der Waals surface area (Å²) < 4.78 is 24.8. The highest BCUT2D eigenvalue weighted by molar-refractivity contribution is 7.90. The first-order valence-electron chi connectivity index (χ1n) is 8.97. The van der Waals surface area contributed by atoms with Gasteiger partial charge in [-0.2, -0.15) is 0 Å². The first kappa shape index (κ1) is 23.9. The van der Waals surface area contributed by atoms with Gasteiger partial charge >= 0.3 is 0 Å². The van der Waals surface area contributed by atoms with Crippen molar-refractivity contribution in [2.75, 3.05) is 19.8 Å². The second-order valence-electron chi connectivity index (χ2n) is 6.85. The van der Waals surface area contributed by atoms with Crippen LogP contribution in [0.3, 0.4) is 0 Å². The molecular weight excluding hydrogens is 440 g/mol. The molecule has 0 aromatic heterocycles. The standard InChI is InChI=1S/C20H24N4O3S3/c1-14-5-9-16(10-6-14)19(28)23(3)21-18(25)13-30(26,27)22-24(4)20(29)17-11-7-15(2)8-12-17/h5-12,22H,13H2,1-4H3,(H,21,25). The molecule has 7 nitrogen and oxygen atoms in total. The largest absolute Gasteiger partial charge is 0.287 e. The van der Waals surface area contributed by atoms with Gasteiger partial charge in [0, 0.05) is 25.2 Å². The zero-order chi connectivity index (χ0) is 22.5. The summed E-state index contributed by atoms with van der Waals surface area (Å²) >= 11 is 10.6. The maximum atomic E-state index is 12.4. The molecule has 0 unspecified atom stereocenters. The average Bonchev–Trinajstić information content (AvgIpc) is 2.67. The molecular formula is C20H24N4O3S3. The van der Waals surface area contributed by atoms with Crippen molar-refractivity contribution in [3.05, 3.63) is 70.8 Å². The molecule has 1 amide bonds. The van der Waals surface area contributed by atoms with E-state index in [0.29, 0.717) is 10.6 Å². The van der Waals surface area contributed by atoms with Gasteiger partial charge in [-0.15, -0.1) is 4.83 Å². The first-order chi connectivity index (χ1) is 14.0. The van der Waals surface area contributed by atoms with E-state index in [4.69, 9.17) is 24.4 Å². The maximum absolute atomic E-state index is 12.4. The third kappa shape index (κ3) is 6.84. The van der Waals surface area contributed by atoms with Gasteiger partial charge in [-0.05, 0) is 13.8 Å². The van der Waals surface area contributed by atoms with Crippen molar-refractivity contribution in [1.82, 2.24) is 20.3 Å². The first-order valence-corrected chi connectivity index (χ1v) is 11.4. The predicted octanol–water partition coefficient (Wildman–Crippen LogP) is 2.08. The number of benzene rings is 2. The Balaban J connectivity index is 1.94. The normalized spacial score (nSPS) is 10.9. The zero-order valence-corrected chi connectivity index (χ0v) is 19.6. The molecule has 0 heterocycles. The third-order valence-corrected chi connectivity index (χ3v) is 6.31. The van der Waals surface area contributed by atoms with Gasteiger partial charge in [0.15, 0.2) is 0 Å². The molecule has 160 valence electrons. The summed E-state index contributed by atoms with van der Waals surface area (Å²) in [5.41, 5.74) is 6.04. The number of aryl methyl sites for hydroxylation is 2. The summed E-state index contributed by atoms with van der Waals surface area (Å²) in [5, 5.41) is 2.52. The number of amides is 1. The van der Waals surface area contributed by atoms with Crippen LogP contribution in [-0.4, -0.2) is 54.2 Å². The van der Waals surface area contributed by atoms with Crippen LogP contribution < -0.4 is 10.3 Å². The SMILES string of the molecule is Cc1ccc(C(=S)N(C)NC(=O)CS(=O)(=O)NN(C)C(=S)c2ccc(C)cc2)cc1. The second kappa shape index (κ2) is 10.1. The Morgan fingerprint density at radius 1 is 0.833 bits per heavy atom. The van der Waals surface area contributed by atoms with Crippen LogP contribution in [0.2, 0.25) is 0 Å². The van der Waals surface area contributed by atoms with Gasteiger partial charge in [-0.25, -0.2) is 8.42 Å². The highest BCUT2D eigenvalue weighted by Gasteiger charge is 2.21. The molecule has 2 rings (SSSR count). The molecule has 30 heavy (non-hydrogen) atoms. The number of nitrogens with one attached hydrogen (secondary N) is 2. The van der Waals surface area contributed by atoms with E-state index in [9.17, 15) is 13.2 Å². The molecule has 0 atom stereocenters. The lowest BCUT2D eigenvalue weighted by atomic mass is 10.1. The van der Waals surface area contributed by atoms with Crippen LogP contribution >= 0.6 is 24.4 Å². The minimum Gasteiger partial charge on any atom is -0.287 e. The Morgan fingerprint density at radius 2 is 1.23 bits per heavy atom. The van der Waals surface area contributed by atoms with Gasteiger partial charge in [0.1, 0.15) is 15.7 Å². The molecule has 0 saturated heterocycles. The molecule has 0 spiro atoms. The van der Waals surface area contributed by atoms with E-state index >= 15 is 0 Å². The van der Waals surface area contributed by atoms with Crippen LogP contribution in [0.15, 0.2) is 48.5 Å². The van der Waals surface area contributed by atoms with Crippen LogP contribution in [0.5, 0.6) is 0 Å². The average molecular weight is 465 g/mol. The quantitative estimate of drug-likeness (QED) is 0.500. The fraction of sp³-hybridized carbons (Fsp3) is 0.250. The highest BCUT2D eigenvalue weighted by atomic mass is 32.2. The lowest BCUT2D eigenvalue weighted by molar-refractivity contribution is -0.121. The lowest BCUT2D eigenvalue weighted by Gasteiger charge is -2.23. The van der Waals surface area contributed by atoms with Crippen LogP contribution in [0.4, 0.5) is 0 Å². The van der Waals surface area contributed by atoms with E-state index in [2.05, 4.69) is 10.3 Å². The van der Waals surface area contributed by atoms with Gasteiger partial charge in [-0.3, -0.25) is 20.2 Å². The van der Waals surface area contributed by atoms with E-state index in [1.165, 1.54) is 17.1 Å². The van der Waals surface area contributed by atoms with Crippen LogP contribution in [-0.2, 0) is 14.8 Å². The Bertz CT molecular complexity index is 1040. The number of hydrogen-bond donors (Lipinski definition) is 2. The van der Waals surface area contributed by atoms with Crippen molar-refractivity contribution in [3.8, 4) is 0 Å². The number of hydrogen-bond acceptors (Lipinski definition) is 5. The van der Waals surface area contributed by atoms with Crippen molar-refractivity contribution in [3.63, 3.8) is 0 Å². The summed E-state index contributed by atoms with van der Waals surface area (Å²) in [4.78, 5) is 15.2. The lowest BCUT2D eigenvalue weighted by Crippen LogP contribution is -2.49. The van der Waals surface area contributed by atoms with Gasteiger partial charge in [0.05, 0.1) is 0 Å². The van der Waals surface area contributed by atoms with Gasteiger partial charge < -0.3 is 0 Å². The summed E-state index contributed by atoms with van der Waals surface area (Å²) in [7, 11) is -0.940. The fourth-order valence-electron chi connectivity index (χ4n) is 2.50. The van der Waals surface area contributed by atoms with Crippen LogP contribution in [0.25, 0.3) is 0 Å². The summed E-state index contributed by atoms with van der Waals surface area (Å²) in [6, 6.07) is 14.8. The minimum atomic E-state index is -3.98. The highest BCUT2D eigenvalue weighted by Crippen LogP contribution is 2.08. The molecule has 0 aliphatic heterocycles. The molecule has 0 radical (unpaired) electrons. The number of rotatable bonds is 6. The topological polar surface area (TPSA) is 81.8 Å². The number of sulfonamides is 1. The smallest absolute Gasteiger partial charge is 0.255 e. The Labute approximate surface area is 188 Å². The number of nitrogens with zero attached hydrogens (tertiary/aromatic N) is 2. The third-order valence-electron chi connectivity index (χ3n) is 4.10. The van der Waals surface area contributed by atoms with Gasteiger partial charge in [0.2, 0.25) is 10.0 Å². The van der Waals surface area contributed by atoms with Crippen LogP contribution in [0.1, 0.15) is 22.3 Å². The number of carbonyl (C=O) groups excluding carboxylic acids is 1. The molecule has 0 aliphatic carbocycles. The zero-order valence-electron chi connectivity index (χ0n) is 17.2.